The van der Waals surface area contributed by atoms with Gasteiger partial charge in [-0.2, -0.15) is 0 Å². The second-order valence-corrected chi connectivity index (χ2v) is 8.29. The predicted octanol–water partition coefficient (Wildman–Crippen LogP) is 5.33. The van der Waals surface area contributed by atoms with Crippen molar-refractivity contribution in [2.45, 2.75) is 19.9 Å². The Labute approximate surface area is 213 Å². The van der Waals surface area contributed by atoms with E-state index in [0.717, 1.165) is 22.3 Å². The van der Waals surface area contributed by atoms with Gasteiger partial charge in [0.15, 0.2) is 11.5 Å². The van der Waals surface area contributed by atoms with Crippen molar-refractivity contribution >= 4 is 29.3 Å². The van der Waals surface area contributed by atoms with Gasteiger partial charge in [0.25, 0.3) is 0 Å². The average molecular weight is 505 g/mol. The molecule has 1 aromatic heterocycles. The highest BCUT2D eigenvalue weighted by Gasteiger charge is 2.26. The Morgan fingerprint density at radius 1 is 1.08 bits per heavy atom. The molecule has 1 aliphatic rings. The van der Waals surface area contributed by atoms with Crippen molar-refractivity contribution in [1.82, 2.24) is 10.3 Å². The van der Waals surface area contributed by atoms with E-state index in [9.17, 15) is 14.0 Å². The number of fused-ring (bicyclic) bond motifs is 1. The van der Waals surface area contributed by atoms with Crippen LogP contribution in [-0.2, 0) is 11.3 Å². The summed E-state index contributed by atoms with van der Waals surface area (Å²) in [6.07, 6.45) is 3.76. The number of ether oxygens (including phenoxy) is 3. The van der Waals surface area contributed by atoms with E-state index in [2.05, 4.69) is 10.3 Å². The highest BCUT2D eigenvalue weighted by atomic mass is 19.1. The first-order valence-electron chi connectivity index (χ1n) is 11.3. The van der Waals surface area contributed by atoms with Crippen LogP contribution in [0.1, 0.15) is 35.6 Å². The molecule has 1 amide bonds. The van der Waals surface area contributed by atoms with Gasteiger partial charge in [0, 0.05) is 18.9 Å². The third-order valence-corrected chi connectivity index (χ3v) is 5.99. The largest absolute Gasteiger partial charge is 0.511 e. The topological polar surface area (TPSA) is 107 Å². The number of amides is 1. The van der Waals surface area contributed by atoms with E-state index in [4.69, 9.17) is 19.3 Å². The summed E-state index contributed by atoms with van der Waals surface area (Å²) < 4.78 is 29.7. The van der Waals surface area contributed by atoms with Gasteiger partial charge in [0.05, 0.1) is 20.6 Å². The number of hydrogen-bond donors (Lipinski definition) is 2. The molecule has 0 aliphatic heterocycles. The lowest BCUT2D eigenvalue weighted by Gasteiger charge is -2.13. The second kappa shape index (κ2) is 10.9. The molecular formula is C28H25FN2O6. The van der Waals surface area contributed by atoms with E-state index in [1.165, 1.54) is 26.4 Å². The van der Waals surface area contributed by atoms with Gasteiger partial charge in [0.1, 0.15) is 5.82 Å². The number of halogens is 1. The number of allylic oxidation sites excluding steroid dienone is 2. The SMILES string of the molecule is COc1cc(/C=C2/C(C)=C(CC(=O)NCc3cccnc3)c3cc(F)ccc32)cc(OC)c1OC(=O)O. The Morgan fingerprint density at radius 2 is 1.81 bits per heavy atom. The lowest BCUT2D eigenvalue weighted by molar-refractivity contribution is -0.120. The Hall–Kier alpha value is -4.66. The molecule has 0 spiro atoms. The van der Waals surface area contributed by atoms with Crippen LogP contribution in [0.5, 0.6) is 17.2 Å². The van der Waals surface area contributed by atoms with E-state index in [-0.39, 0.29) is 29.6 Å². The van der Waals surface area contributed by atoms with E-state index in [1.54, 1.807) is 36.7 Å². The molecule has 0 atom stereocenters. The van der Waals surface area contributed by atoms with Gasteiger partial charge in [-0.15, -0.1) is 0 Å². The first kappa shape index (κ1) is 25.4. The summed E-state index contributed by atoms with van der Waals surface area (Å²) in [6, 6.07) is 11.4. The quantitative estimate of drug-likeness (QED) is 0.315. The van der Waals surface area contributed by atoms with Crippen molar-refractivity contribution in [3.05, 3.63) is 88.5 Å². The second-order valence-electron chi connectivity index (χ2n) is 8.29. The number of carbonyl (C=O) groups excluding carboxylic acids is 1. The Kier molecular flexibility index (Phi) is 7.52. The van der Waals surface area contributed by atoms with Gasteiger partial charge in [-0.1, -0.05) is 12.1 Å². The smallest absolute Gasteiger partial charge is 0.493 e. The standard InChI is InChI=1S/C28H25FN2O6/c1-16-21(9-18-10-24(35-2)27(37-28(33)34)25(11-18)36-3)20-7-6-19(29)12-23(20)22(16)13-26(32)31-15-17-5-4-8-30-14-17/h4-12,14H,13,15H2,1-3H3,(H,31,32)(H,33,34)/b21-9-. The highest BCUT2D eigenvalue weighted by Crippen LogP contribution is 2.45. The molecule has 0 saturated carbocycles. The Morgan fingerprint density at radius 3 is 2.43 bits per heavy atom. The number of carboxylic acid groups (broad SMARTS) is 1. The normalized spacial score (nSPS) is 13.4. The van der Waals surface area contributed by atoms with Crippen LogP contribution in [0.4, 0.5) is 9.18 Å². The van der Waals surface area contributed by atoms with Crippen molar-refractivity contribution < 1.29 is 33.3 Å². The van der Waals surface area contributed by atoms with Crippen LogP contribution >= 0.6 is 0 Å². The average Bonchev–Trinajstić information content (AvgIpc) is 3.13. The number of nitrogens with zero attached hydrogens (tertiary/aromatic N) is 1. The zero-order valence-electron chi connectivity index (χ0n) is 20.5. The molecule has 8 nitrogen and oxygen atoms in total. The van der Waals surface area contributed by atoms with Crippen molar-refractivity contribution in [3.8, 4) is 17.2 Å². The number of methoxy groups -OCH3 is 2. The van der Waals surface area contributed by atoms with E-state index >= 15 is 0 Å². The zero-order chi connectivity index (χ0) is 26.5. The lowest BCUT2D eigenvalue weighted by atomic mass is 10.00. The number of nitrogens with one attached hydrogen (secondary N) is 1. The minimum Gasteiger partial charge on any atom is -0.493 e. The zero-order valence-corrected chi connectivity index (χ0v) is 20.5. The van der Waals surface area contributed by atoms with Crippen LogP contribution in [-0.4, -0.2) is 36.4 Å². The van der Waals surface area contributed by atoms with Crippen LogP contribution < -0.4 is 19.5 Å². The number of pyridine rings is 1. The van der Waals surface area contributed by atoms with Gasteiger partial charge in [-0.25, -0.2) is 9.18 Å². The van der Waals surface area contributed by atoms with Gasteiger partial charge >= 0.3 is 6.16 Å². The monoisotopic (exact) mass is 504 g/mol. The van der Waals surface area contributed by atoms with Gasteiger partial charge in [-0.05, 0) is 82.3 Å². The van der Waals surface area contributed by atoms with E-state index < -0.39 is 12.0 Å². The summed E-state index contributed by atoms with van der Waals surface area (Å²) in [7, 11) is 2.78. The van der Waals surface area contributed by atoms with E-state index in [1.807, 2.05) is 19.1 Å². The first-order valence-corrected chi connectivity index (χ1v) is 11.3. The molecule has 2 aromatic carbocycles. The third-order valence-electron chi connectivity index (χ3n) is 5.99. The molecule has 0 bridgehead atoms. The maximum Gasteiger partial charge on any atom is 0.511 e. The van der Waals surface area contributed by atoms with Crippen LogP contribution in [0.2, 0.25) is 0 Å². The molecule has 0 fully saturated rings. The molecule has 1 aliphatic carbocycles. The fraction of sp³-hybridized carbons (Fsp3) is 0.179. The highest BCUT2D eigenvalue weighted by molar-refractivity contribution is 6.08. The summed E-state index contributed by atoms with van der Waals surface area (Å²) in [5.41, 5.74) is 5.26. The third kappa shape index (κ3) is 5.61. The van der Waals surface area contributed by atoms with Crippen LogP contribution in [0.15, 0.2) is 60.4 Å². The van der Waals surface area contributed by atoms with E-state index in [0.29, 0.717) is 23.2 Å². The van der Waals surface area contributed by atoms with Crippen LogP contribution in [0, 0.1) is 5.82 Å². The molecule has 3 aromatic rings. The van der Waals surface area contributed by atoms with Gasteiger partial charge < -0.3 is 24.6 Å². The molecule has 0 unspecified atom stereocenters. The molecule has 190 valence electrons. The van der Waals surface area contributed by atoms with Crippen molar-refractivity contribution in [2.24, 2.45) is 0 Å². The van der Waals surface area contributed by atoms with Crippen molar-refractivity contribution in [3.63, 3.8) is 0 Å². The fourth-order valence-corrected chi connectivity index (χ4v) is 4.25. The van der Waals surface area contributed by atoms with Gasteiger partial charge in [-0.3, -0.25) is 9.78 Å². The summed E-state index contributed by atoms with van der Waals surface area (Å²) in [5, 5.41) is 11.9. The van der Waals surface area contributed by atoms with Gasteiger partial charge in [0.2, 0.25) is 11.7 Å². The maximum absolute atomic E-state index is 14.2. The number of aromatic nitrogens is 1. The summed E-state index contributed by atoms with van der Waals surface area (Å²) in [6.45, 7) is 2.21. The molecule has 9 heteroatoms. The number of hydrogen-bond acceptors (Lipinski definition) is 6. The Balaban J connectivity index is 1.70. The van der Waals surface area contributed by atoms with Crippen LogP contribution in [0.25, 0.3) is 17.2 Å². The number of rotatable bonds is 8. The maximum atomic E-state index is 14.2. The van der Waals surface area contributed by atoms with Crippen molar-refractivity contribution in [1.29, 1.82) is 0 Å². The number of carbonyl (C=O) groups is 2. The molecular weight excluding hydrogens is 479 g/mol. The number of benzene rings is 2. The predicted molar refractivity (Wildman–Crippen MR) is 136 cm³/mol. The summed E-state index contributed by atoms with van der Waals surface area (Å²) in [4.78, 5) is 28.0. The molecule has 37 heavy (non-hydrogen) atoms. The minimum absolute atomic E-state index is 0.0632. The molecule has 2 N–H and O–H groups in total. The molecule has 0 radical (unpaired) electrons. The molecule has 1 heterocycles. The molecule has 0 saturated heterocycles. The lowest BCUT2D eigenvalue weighted by Crippen LogP contribution is -2.22. The minimum atomic E-state index is -1.50. The fourth-order valence-electron chi connectivity index (χ4n) is 4.25. The van der Waals surface area contributed by atoms with Crippen molar-refractivity contribution in [2.75, 3.05) is 14.2 Å². The first-order chi connectivity index (χ1) is 17.8. The Bertz CT molecular complexity index is 1390. The van der Waals surface area contributed by atoms with Crippen LogP contribution in [0.3, 0.4) is 0 Å². The molecule has 4 rings (SSSR count). The summed E-state index contributed by atoms with van der Waals surface area (Å²) in [5.74, 6) is -0.329. The summed E-state index contributed by atoms with van der Waals surface area (Å²) >= 11 is 0.